The van der Waals surface area contributed by atoms with Crippen molar-refractivity contribution >= 4 is 11.8 Å². The van der Waals surface area contributed by atoms with Crippen LogP contribution in [0.5, 0.6) is 5.75 Å². The van der Waals surface area contributed by atoms with Crippen LogP contribution in [0, 0.1) is 5.82 Å². The molecular formula is C21H30FN5O3. The zero-order valence-corrected chi connectivity index (χ0v) is 18.0. The van der Waals surface area contributed by atoms with Gasteiger partial charge in [0, 0.05) is 25.4 Å². The number of carbonyl (C=O) groups is 1. The number of hydrazine groups is 1. The molecule has 1 aromatic carbocycles. The quantitative estimate of drug-likeness (QED) is 0.651. The SMILES string of the molecule is CC.CC(CN)Oc1ccc(F)cc1C(C)N=C1C=CN2C(=C(C(=O)O)CN2C)N1. The van der Waals surface area contributed by atoms with Crippen molar-refractivity contribution in [2.75, 3.05) is 20.1 Å². The third kappa shape index (κ3) is 5.17. The maximum absolute atomic E-state index is 13.8. The Balaban J connectivity index is 0.00000155. The minimum atomic E-state index is -0.990. The normalized spacial score (nSPS) is 19.0. The number of hydrogen-bond acceptors (Lipinski definition) is 6. The summed E-state index contributed by atoms with van der Waals surface area (Å²) in [5.74, 6) is 0.0759. The minimum absolute atomic E-state index is 0.220. The van der Waals surface area contributed by atoms with E-state index in [1.807, 2.05) is 27.7 Å². The molecule has 0 aromatic heterocycles. The first kappa shape index (κ1) is 23.4. The molecule has 0 bridgehead atoms. The Morgan fingerprint density at radius 2 is 2.10 bits per heavy atom. The molecule has 0 radical (unpaired) electrons. The van der Waals surface area contributed by atoms with Gasteiger partial charge < -0.3 is 20.9 Å². The Bertz CT molecular complexity index is 868. The van der Waals surface area contributed by atoms with Crippen LogP contribution in [0.25, 0.3) is 0 Å². The standard InChI is InChI=1S/C19H24FN5O3.C2H6/c1-11(9-21)28-16-5-4-13(20)8-14(16)12(2)22-17-6-7-25-18(23-17)15(19(26)27)10-24(25)3;1-2/h4-8,11-12H,9-10,21H2,1-3H3,(H,22,23)(H,26,27);1-2H3. The van der Waals surface area contributed by atoms with Crippen LogP contribution in [0.2, 0.25) is 0 Å². The van der Waals surface area contributed by atoms with Crippen LogP contribution in [-0.2, 0) is 4.79 Å². The van der Waals surface area contributed by atoms with Crippen molar-refractivity contribution in [2.45, 2.75) is 39.8 Å². The number of halogens is 1. The Morgan fingerprint density at radius 1 is 1.40 bits per heavy atom. The largest absolute Gasteiger partial charge is 0.489 e. The van der Waals surface area contributed by atoms with Gasteiger partial charge in [-0.2, -0.15) is 0 Å². The van der Waals surface area contributed by atoms with Crippen LogP contribution in [0.4, 0.5) is 4.39 Å². The summed E-state index contributed by atoms with van der Waals surface area (Å²) in [5, 5.41) is 16.0. The number of aliphatic carboxylic acids is 1. The molecule has 9 heteroatoms. The predicted molar refractivity (Wildman–Crippen MR) is 114 cm³/mol. The second-order valence-corrected chi connectivity index (χ2v) is 6.77. The van der Waals surface area contributed by atoms with E-state index in [0.717, 1.165) is 0 Å². The number of aliphatic imine (C=N–C) groups is 1. The molecule has 3 rings (SSSR count). The van der Waals surface area contributed by atoms with Crippen molar-refractivity contribution in [2.24, 2.45) is 10.7 Å². The van der Waals surface area contributed by atoms with Crippen LogP contribution in [0.1, 0.15) is 39.3 Å². The van der Waals surface area contributed by atoms with Crippen molar-refractivity contribution in [1.29, 1.82) is 0 Å². The van der Waals surface area contributed by atoms with Crippen molar-refractivity contribution in [3.8, 4) is 5.75 Å². The summed E-state index contributed by atoms with van der Waals surface area (Å²) in [4.78, 5) is 16.1. The highest BCUT2D eigenvalue weighted by Crippen LogP contribution is 2.30. The summed E-state index contributed by atoms with van der Waals surface area (Å²) in [6, 6.07) is 3.85. The first-order valence-corrected chi connectivity index (χ1v) is 9.96. The lowest BCUT2D eigenvalue weighted by atomic mass is 10.1. The third-order valence-corrected chi connectivity index (χ3v) is 4.56. The maximum atomic E-state index is 13.8. The summed E-state index contributed by atoms with van der Waals surface area (Å²) < 4.78 is 19.6. The molecule has 164 valence electrons. The number of carboxylic acid groups (broad SMARTS) is 1. The molecule has 2 heterocycles. The number of hydrogen-bond donors (Lipinski definition) is 3. The summed E-state index contributed by atoms with van der Waals surface area (Å²) >= 11 is 0. The third-order valence-electron chi connectivity index (χ3n) is 4.56. The molecule has 2 aliphatic rings. The molecule has 4 N–H and O–H groups in total. The van der Waals surface area contributed by atoms with E-state index in [9.17, 15) is 14.3 Å². The number of fused-ring (bicyclic) bond motifs is 1. The summed E-state index contributed by atoms with van der Waals surface area (Å²) in [6.07, 6.45) is 3.26. The van der Waals surface area contributed by atoms with Crippen LogP contribution >= 0.6 is 0 Å². The van der Waals surface area contributed by atoms with Crippen molar-refractivity contribution in [3.63, 3.8) is 0 Å². The van der Waals surface area contributed by atoms with Gasteiger partial charge in [-0.15, -0.1) is 0 Å². The van der Waals surface area contributed by atoms with Crippen molar-refractivity contribution in [3.05, 3.63) is 53.2 Å². The number of ether oxygens (including phenoxy) is 1. The lowest BCUT2D eigenvalue weighted by molar-refractivity contribution is -0.132. The Morgan fingerprint density at radius 3 is 2.73 bits per heavy atom. The number of benzene rings is 1. The van der Waals surface area contributed by atoms with Gasteiger partial charge in [-0.3, -0.25) is 10.0 Å². The van der Waals surface area contributed by atoms with E-state index in [1.165, 1.54) is 12.1 Å². The zero-order valence-electron chi connectivity index (χ0n) is 18.0. The van der Waals surface area contributed by atoms with Gasteiger partial charge in [-0.25, -0.2) is 14.2 Å². The van der Waals surface area contributed by atoms with Gasteiger partial charge in [0.1, 0.15) is 29.3 Å². The highest BCUT2D eigenvalue weighted by molar-refractivity contribution is 5.97. The van der Waals surface area contributed by atoms with Gasteiger partial charge >= 0.3 is 5.97 Å². The number of carboxylic acids is 1. The fraction of sp³-hybridized carbons (Fsp3) is 0.429. The van der Waals surface area contributed by atoms with E-state index in [0.29, 0.717) is 29.5 Å². The smallest absolute Gasteiger partial charge is 0.336 e. The van der Waals surface area contributed by atoms with Gasteiger partial charge in [0.2, 0.25) is 0 Å². The number of nitrogens with two attached hydrogens (primary N) is 1. The van der Waals surface area contributed by atoms with Crippen LogP contribution in [0.15, 0.2) is 46.9 Å². The van der Waals surface area contributed by atoms with Gasteiger partial charge in [0.25, 0.3) is 0 Å². The second-order valence-electron chi connectivity index (χ2n) is 6.77. The fourth-order valence-electron chi connectivity index (χ4n) is 3.05. The van der Waals surface area contributed by atoms with E-state index in [2.05, 4.69) is 10.3 Å². The molecule has 30 heavy (non-hydrogen) atoms. The molecule has 0 saturated carbocycles. The van der Waals surface area contributed by atoms with Crippen LogP contribution in [-0.4, -0.2) is 53.2 Å². The molecule has 0 fully saturated rings. The van der Waals surface area contributed by atoms with Crippen molar-refractivity contribution < 1.29 is 19.0 Å². The van der Waals surface area contributed by atoms with Gasteiger partial charge in [-0.1, -0.05) is 13.8 Å². The summed E-state index contributed by atoms with van der Waals surface area (Å²) in [6.45, 7) is 8.26. The fourth-order valence-corrected chi connectivity index (χ4v) is 3.05. The molecule has 0 saturated heterocycles. The minimum Gasteiger partial charge on any atom is -0.489 e. The lowest BCUT2D eigenvalue weighted by Gasteiger charge is -2.29. The van der Waals surface area contributed by atoms with Gasteiger partial charge in [-0.05, 0) is 38.1 Å². The van der Waals surface area contributed by atoms with E-state index in [-0.39, 0.29) is 24.0 Å². The zero-order chi connectivity index (χ0) is 22.4. The molecule has 2 unspecified atom stereocenters. The van der Waals surface area contributed by atoms with Crippen molar-refractivity contribution in [1.82, 2.24) is 15.3 Å². The molecule has 1 aromatic rings. The molecule has 0 amide bonds. The van der Waals surface area contributed by atoms with E-state index >= 15 is 0 Å². The molecule has 0 aliphatic carbocycles. The number of nitrogens with one attached hydrogen (secondary N) is 1. The van der Waals surface area contributed by atoms with E-state index in [1.54, 1.807) is 35.4 Å². The number of nitrogens with zero attached hydrogens (tertiary/aromatic N) is 3. The van der Waals surface area contributed by atoms with Gasteiger partial charge in [0.05, 0.1) is 18.2 Å². The predicted octanol–water partition coefficient (Wildman–Crippen LogP) is 2.61. The molecule has 2 atom stereocenters. The molecule has 0 spiro atoms. The first-order valence-electron chi connectivity index (χ1n) is 9.96. The van der Waals surface area contributed by atoms with Crippen LogP contribution in [0.3, 0.4) is 0 Å². The summed E-state index contributed by atoms with van der Waals surface area (Å²) in [5.41, 5.74) is 6.45. The number of likely N-dealkylation sites (N-methyl/N-ethyl adjacent to an activating group) is 1. The van der Waals surface area contributed by atoms with E-state index < -0.39 is 12.0 Å². The second kappa shape index (κ2) is 10.2. The summed E-state index contributed by atoms with van der Waals surface area (Å²) in [7, 11) is 1.79. The highest BCUT2D eigenvalue weighted by Gasteiger charge is 2.32. The monoisotopic (exact) mass is 419 g/mol. The first-order chi connectivity index (χ1) is 14.3. The number of amidine groups is 1. The van der Waals surface area contributed by atoms with Gasteiger partial charge in [0.15, 0.2) is 0 Å². The Labute approximate surface area is 176 Å². The van der Waals surface area contributed by atoms with Crippen LogP contribution < -0.4 is 15.8 Å². The Hall–Kier alpha value is -2.91. The highest BCUT2D eigenvalue weighted by atomic mass is 19.1. The Kier molecular flexibility index (Phi) is 7.96. The average molecular weight is 420 g/mol. The lowest BCUT2D eigenvalue weighted by Crippen LogP contribution is -2.39. The number of rotatable bonds is 6. The maximum Gasteiger partial charge on any atom is 0.336 e. The molecular weight excluding hydrogens is 389 g/mol. The van der Waals surface area contributed by atoms with E-state index in [4.69, 9.17) is 10.5 Å². The molecule has 2 aliphatic heterocycles. The molecule has 8 nitrogen and oxygen atoms in total. The topological polar surface area (TPSA) is 103 Å². The average Bonchev–Trinajstić information content (AvgIpc) is 3.07.